The number of nitrogens with one attached hydrogen (secondary N) is 2. The van der Waals surface area contributed by atoms with Gasteiger partial charge < -0.3 is 19.7 Å². The van der Waals surface area contributed by atoms with E-state index >= 15 is 0 Å². The highest BCUT2D eigenvalue weighted by atomic mass is 16.5. The third-order valence-corrected chi connectivity index (χ3v) is 5.22. The van der Waals surface area contributed by atoms with Gasteiger partial charge in [-0.25, -0.2) is 0 Å². The maximum absolute atomic E-state index is 12.5. The molecule has 2 aliphatic heterocycles. The molecule has 0 aliphatic carbocycles. The molecular weight excluding hydrogens is 320 g/mol. The van der Waals surface area contributed by atoms with Crippen molar-refractivity contribution in [1.82, 2.24) is 20.4 Å². The van der Waals surface area contributed by atoms with E-state index in [9.17, 15) is 9.59 Å². The predicted octanol–water partition coefficient (Wildman–Crippen LogP) is 0.751. The summed E-state index contributed by atoms with van der Waals surface area (Å²) in [6.45, 7) is 4.05. The number of hydrogen-bond acceptors (Lipinski definition) is 5. The lowest BCUT2D eigenvalue weighted by atomic mass is 9.79. The topological polar surface area (TPSA) is 89.2 Å². The van der Waals surface area contributed by atoms with Crippen molar-refractivity contribution in [3.05, 3.63) is 51.8 Å². The van der Waals surface area contributed by atoms with Crippen LogP contribution in [0.25, 0.3) is 0 Å². The molecule has 4 heterocycles. The molecule has 1 saturated heterocycles. The first-order valence-electron chi connectivity index (χ1n) is 8.73. The number of carbonyl (C=O) groups is 1. The fourth-order valence-corrected chi connectivity index (χ4v) is 4.11. The molecule has 1 amide bonds. The lowest BCUT2D eigenvalue weighted by Crippen LogP contribution is -2.50. The van der Waals surface area contributed by atoms with Gasteiger partial charge in [0.05, 0.1) is 18.2 Å². The van der Waals surface area contributed by atoms with Gasteiger partial charge in [0.15, 0.2) is 0 Å². The van der Waals surface area contributed by atoms with Crippen molar-refractivity contribution in [3.8, 4) is 0 Å². The highest BCUT2D eigenvalue weighted by Gasteiger charge is 2.37. The fourth-order valence-electron chi connectivity index (χ4n) is 4.11. The summed E-state index contributed by atoms with van der Waals surface area (Å²) in [5.74, 6) is 1.15. The minimum Gasteiger partial charge on any atom is -0.361 e. The van der Waals surface area contributed by atoms with Gasteiger partial charge >= 0.3 is 0 Å². The maximum atomic E-state index is 12.5. The minimum atomic E-state index is -0.118. The SMILES string of the molecule is Cc1cc(CC(=O)NC[C@H]2[C@@H]3CNC[C@@H](C3)c3cccc(=O)n32)on1. The van der Waals surface area contributed by atoms with Crippen molar-refractivity contribution >= 4 is 5.91 Å². The Morgan fingerprint density at radius 1 is 1.44 bits per heavy atom. The lowest BCUT2D eigenvalue weighted by Gasteiger charge is -2.43. The number of hydrogen-bond donors (Lipinski definition) is 2. The molecular formula is C18H22N4O3. The van der Waals surface area contributed by atoms with Gasteiger partial charge in [-0.15, -0.1) is 0 Å². The summed E-state index contributed by atoms with van der Waals surface area (Å²) in [7, 11) is 0. The van der Waals surface area contributed by atoms with Gasteiger partial charge in [0.2, 0.25) is 5.91 Å². The molecule has 2 aromatic rings. The molecule has 4 rings (SSSR count). The molecule has 132 valence electrons. The van der Waals surface area contributed by atoms with Gasteiger partial charge in [0.25, 0.3) is 5.56 Å². The molecule has 0 aromatic carbocycles. The van der Waals surface area contributed by atoms with Crippen molar-refractivity contribution < 1.29 is 9.32 Å². The van der Waals surface area contributed by atoms with E-state index in [-0.39, 0.29) is 23.9 Å². The van der Waals surface area contributed by atoms with Crippen molar-refractivity contribution in [2.75, 3.05) is 19.6 Å². The summed E-state index contributed by atoms with van der Waals surface area (Å²) in [5.41, 5.74) is 1.84. The van der Waals surface area contributed by atoms with Gasteiger partial charge in [-0.1, -0.05) is 11.2 Å². The summed E-state index contributed by atoms with van der Waals surface area (Å²) >= 11 is 0. The van der Waals surface area contributed by atoms with Crippen LogP contribution in [0.4, 0.5) is 0 Å². The third kappa shape index (κ3) is 3.11. The zero-order valence-corrected chi connectivity index (χ0v) is 14.2. The highest BCUT2D eigenvalue weighted by Crippen LogP contribution is 2.37. The van der Waals surface area contributed by atoms with Crippen LogP contribution in [0.5, 0.6) is 0 Å². The maximum Gasteiger partial charge on any atom is 0.251 e. The first-order valence-corrected chi connectivity index (χ1v) is 8.73. The van der Waals surface area contributed by atoms with Gasteiger partial charge in [-0.2, -0.15) is 0 Å². The zero-order valence-electron chi connectivity index (χ0n) is 14.2. The molecule has 2 aliphatic rings. The molecule has 7 heteroatoms. The molecule has 3 atom stereocenters. The zero-order chi connectivity index (χ0) is 17.4. The van der Waals surface area contributed by atoms with Crippen molar-refractivity contribution in [2.24, 2.45) is 5.92 Å². The van der Waals surface area contributed by atoms with E-state index in [1.54, 1.807) is 12.1 Å². The molecule has 0 unspecified atom stereocenters. The first kappa shape index (κ1) is 16.1. The Kier molecular flexibility index (Phi) is 4.17. The number of piperidine rings is 1. The molecule has 0 spiro atoms. The number of aryl methyl sites for hydroxylation is 1. The Morgan fingerprint density at radius 3 is 3.12 bits per heavy atom. The highest BCUT2D eigenvalue weighted by molar-refractivity contribution is 5.77. The van der Waals surface area contributed by atoms with E-state index < -0.39 is 0 Å². The number of rotatable bonds is 4. The van der Waals surface area contributed by atoms with E-state index in [2.05, 4.69) is 15.8 Å². The van der Waals surface area contributed by atoms with Crippen LogP contribution in [-0.2, 0) is 11.2 Å². The van der Waals surface area contributed by atoms with E-state index in [0.717, 1.165) is 30.9 Å². The summed E-state index contributed by atoms with van der Waals surface area (Å²) in [5, 5.41) is 10.2. The Morgan fingerprint density at radius 2 is 2.32 bits per heavy atom. The van der Waals surface area contributed by atoms with E-state index in [1.807, 2.05) is 23.6 Å². The second kappa shape index (κ2) is 6.48. The number of pyridine rings is 1. The van der Waals surface area contributed by atoms with Crippen molar-refractivity contribution in [2.45, 2.75) is 31.7 Å². The number of amides is 1. The number of aromatic nitrogens is 2. The number of carbonyl (C=O) groups excluding carboxylic acids is 1. The van der Waals surface area contributed by atoms with Crippen LogP contribution in [0, 0.1) is 12.8 Å². The van der Waals surface area contributed by atoms with Crippen LogP contribution in [0.3, 0.4) is 0 Å². The van der Waals surface area contributed by atoms with Crippen molar-refractivity contribution in [3.63, 3.8) is 0 Å². The average molecular weight is 342 g/mol. The van der Waals surface area contributed by atoms with Crippen LogP contribution in [-0.4, -0.2) is 35.3 Å². The summed E-state index contributed by atoms with van der Waals surface area (Å²) < 4.78 is 6.98. The van der Waals surface area contributed by atoms with Gasteiger partial charge in [0.1, 0.15) is 5.76 Å². The largest absolute Gasteiger partial charge is 0.361 e. The Labute approximate surface area is 145 Å². The predicted molar refractivity (Wildman–Crippen MR) is 91.4 cm³/mol. The average Bonchev–Trinajstić information content (AvgIpc) is 3.00. The van der Waals surface area contributed by atoms with Crippen LogP contribution in [0.2, 0.25) is 0 Å². The molecule has 7 nitrogen and oxygen atoms in total. The molecule has 0 saturated carbocycles. The monoisotopic (exact) mass is 342 g/mol. The molecule has 1 fully saturated rings. The van der Waals surface area contributed by atoms with Crippen LogP contribution < -0.4 is 16.2 Å². The van der Waals surface area contributed by atoms with Gasteiger partial charge in [0, 0.05) is 43.4 Å². The van der Waals surface area contributed by atoms with E-state index in [4.69, 9.17) is 4.52 Å². The minimum absolute atomic E-state index is 0.0132. The number of nitrogens with zero attached hydrogens (tertiary/aromatic N) is 2. The molecule has 2 aromatic heterocycles. The summed E-state index contributed by atoms with van der Waals surface area (Å²) in [6.07, 6.45) is 1.22. The number of fused-ring (bicyclic) bond motifs is 4. The summed E-state index contributed by atoms with van der Waals surface area (Å²) in [6, 6.07) is 7.19. The molecule has 2 N–H and O–H groups in total. The summed E-state index contributed by atoms with van der Waals surface area (Å²) in [4.78, 5) is 24.7. The van der Waals surface area contributed by atoms with Gasteiger partial charge in [-0.3, -0.25) is 9.59 Å². The second-order valence-electron chi connectivity index (χ2n) is 6.99. The normalized spacial score (nSPS) is 24.6. The van der Waals surface area contributed by atoms with Gasteiger partial charge in [-0.05, 0) is 25.3 Å². The quantitative estimate of drug-likeness (QED) is 0.856. The van der Waals surface area contributed by atoms with Crippen molar-refractivity contribution in [1.29, 1.82) is 0 Å². The standard InChI is InChI=1S/C18H22N4O3/c1-11-5-14(25-21-11)7-17(23)20-10-16-13-6-12(8-19-9-13)15-3-2-4-18(24)22(15)16/h2-5,12-13,16,19H,6-10H2,1H3,(H,20,23)/t12-,13+,16+/m1/s1. The second-order valence-corrected chi connectivity index (χ2v) is 6.99. The first-order chi connectivity index (χ1) is 12.1. The molecule has 0 radical (unpaired) electrons. The molecule has 25 heavy (non-hydrogen) atoms. The van der Waals surface area contributed by atoms with Crippen LogP contribution >= 0.6 is 0 Å². The third-order valence-electron chi connectivity index (χ3n) is 5.22. The Balaban J connectivity index is 1.51. The Bertz CT molecular complexity index is 841. The van der Waals surface area contributed by atoms with E-state index in [1.165, 1.54) is 0 Å². The van der Waals surface area contributed by atoms with Crippen LogP contribution in [0.15, 0.2) is 33.6 Å². The lowest BCUT2D eigenvalue weighted by molar-refractivity contribution is -0.121. The molecule has 2 bridgehead atoms. The Hall–Kier alpha value is -2.41. The fraction of sp³-hybridized carbons (Fsp3) is 0.500. The van der Waals surface area contributed by atoms with E-state index in [0.29, 0.717) is 24.1 Å². The van der Waals surface area contributed by atoms with Crippen LogP contribution in [0.1, 0.15) is 35.5 Å². The smallest absolute Gasteiger partial charge is 0.251 e.